The van der Waals surface area contributed by atoms with Crippen molar-refractivity contribution in [2.24, 2.45) is 0 Å². The number of benzene rings is 1. The van der Waals surface area contributed by atoms with Gasteiger partial charge < -0.3 is 10.1 Å². The van der Waals surface area contributed by atoms with E-state index < -0.39 is 0 Å². The van der Waals surface area contributed by atoms with Gasteiger partial charge in [-0.15, -0.1) is 0 Å². The minimum Gasteiger partial charge on any atom is -0.376 e. The minimum absolute atomic E-state index is 0.103. The predicted octanol–water partition coefficient (Wildman–Crippen LogP) is 3.56. The normalized spacial score (nSPS) is 17.9. The molecule has 5 rings (SSSR count). The van der Waals surface area contributed by atoms with Gasteiger partial charge in [-0.2, -0.15) is 4.98 Å². The van der Waals surface area contributed by atoms with Crippen molar-refractivity contribution in [2.75, 3.05) is 17.7 Å². The van der Waals surface area contributed by atoms with Crippen LogP contribution >= 0.6 is 23.1 Å². The number of aromatic nitrogens is 3. The summed E-state index contributed by atoms with van der Waals surface area (Å²) in [5.41, 5.74) is 4.00. The zero-order valence-electron chi connectivity index (χ0n) is 17.3. The Bertz CT molecular complexity index is 1200. The third-order valence-corrected chi connectivity index (χ3v) is 7.69. The highest BCUT2D eigenvalue weighted by molar-refractivity contribution is 8.00. The maximum absolute atomic E-state index is 12.7. The van der Waals surface area contributed by atoms with E-state index in [4.69, 9.17) is 4.74 Å². The SMILES string of the molecule is Cc1ccc2nc(NC(=O)CSc3nc(=O)n(C[C@H]4CCCO4)c4c3CCC4)sc2c1. The number of rotatable bonds is 6. The van der Waals surface area contributed by atoms with Crippen molar-refractivity contribution in [3.05, 3.63) is 45.5 Å². The van der Waals surface area contributed by atoms with Crippen molar-refractivity contribution in [2.45, 2.75) is 56.7 Å². The van der Waals surface area contributed by atoms with Crippen LogP contribution in [-0.2, 0) is 28.9 Å². The maximum atomic E-state index is 12.7. The molecule has 0 radical (unpaired) electrons. The van der Waals surface area contributed by atoms with Crippen molar-refractivity contribution in [1.29, 1.82) is 0 Å². The van der Waals surface area contributed by atoms with Crippen LogP contribution in [0.15, 0.2) is 28.0 Å². The number of hydrogen-bond acceptors (Lipinski definition) is 7. The molecule has 1 aliphatic carbocycles. The molecule has 162 valence electrons. The van der Waals surface area contributed by atoms with E-state index in [2.05, 4.69) is 21.4 Å². The summed E-state index contributed by atoms with van der Waals surface area (Å²) in [5, 5.41) is 4.17. The van der Waals surface area contributed by atoms with Crippen LogP contribution in [0.2, 0.25) is 0 Å². The van der Waals surface area contributed by atoms with Gasteiger partial charge in [0.2, 0.25) is 5.91 Å². The van der Waals surface area contributed by atoms with Crippen molar-refractivity contribution in [3.8, 4) is 0 Å². The summed E-state index contributed by atoms with van der Waals surface area (Å²) >= 11 is 2.80. The van der Waals surface area contributed by atoms with Crippen LogP contribution in [0.1, 0.15) is 36.1 Å². The van der Waals surface area contributed by atoms with E-state index in [1.165, 1.54) is 28.7 Å². The highest BCUT2D eigenvalue weighted by Crippen LogP contribution is 2.31. The van der Waals surface area contributed by atoms with Gasteiger partial charge in [-0.1, -0.05) is 29.2 Å². The lowest BCUT2D eigenvalue weighted by Gasteiger charge is -2.17. The smallest absolute Gasteiger partial charge is 0.348 e. The highest BCUT2D eigenvalue weighted by Gasteiger charge is 2.25. The summed E-state index contributed by atoms with van der Waals surface area (Å²) in [6.07, 6.45) is 4.93. The molecule has 3 aromatic rings. The Morgan fingerprint density at radius 1 is 1.32 bits per heavy atom. The summed E-state index contributed by atoms with van der Waals surface area (Å²) in [5.74, 6) is 0.0571. The lowest BCUT2D eigenvalue weighted by atomic mass is 10.2. The van der Waals surface area contributed by atoms with Gasteiger partial charge in [0, 0.05) is 17.9 Å². The standard InChI is InChI=1S/C22H24N4O3S2/c1-13-7-8-16-18(10-13)31-21(23-16)24-19(27)12-30-20-15-5-2-6-17(15)26(22(28)25-20)11-14-4-3-9-29-14/h7-8,10,14H,2-6,9,11-12H2,1H3,(H,23,24,27)/t14-/m1/s1. The number of amides is 1. The second kappa shape index (κ2) is 8.72. The predicted molar refractivity (Wildman–Crippen MR) is 123 cm³/mol. The van der Waals surface area contributed by atoms with Gasteiger partial charge >= 0.3 is 5.69 Å². The van der Waals surface area contributed by atoms with E-state index in [1.807, 2.05) is 19.1 Å². The van der Waals surface area contributed by atoms with Gasteiger partial charge in [-0.25, -0.2) is 9.78 Å². The van der Waals surface area contributed by atoms with Crippen LogP contribution in [0, 0.1) is 6.92 Å². The highest BCUT2D eigenvalue weighted by atomic mass is 32.2. The third-order valence-electron chi connectivity index (χ3n) is 5.74. The average molecular weight is 457 g/mol. The van der Waals surface area contributed by atoms with Gasteiger partial charge in [0.25, 0.3) is 0 Å². The lowest BCUT2D eigenvalue weighted by molar-refractivity contribution is -0.113. The molecular weight excluding hydrogens is 432 g/mol. The minimum atomic E-state index is -0.236. The Balaban J connectivity index is 1.28. The monoisotopic (exact) mass is 456 g/mol. The summed E-state index contributed by atoms with van der Waals surface area (Å²) in [6, 6.07) is 6.04. The first-order valence-electron chi connectivity index (χ1n) is 10.6. The summed E-state index contributed by atoms with van der Waals surface area (Å²) in [7, 11) is 0. The Labute approximate surface area is 188 Å². The maximum Gasteiger partial charge on any atom is 0.348 e. The van der Waals surface area contributed by atoms with Crippen molar-refractivity contribution < 1.29 is 9.53 Å². The molecule has 1 amide bonds. The Morgan fingerprint density at radius 2 is 2.23 bits per heavy atom. The Hall–Kier alpha value is -2.23. The van der Waals surface area contributed by atoms with E-state index in [9.17, 15) is 9.59 Å². The molecule has 0 saturated carbocycles. The first kappa shape index (κ1) is 20.7. The van der Waals surface area contributed by atoms with E-state index >= 15 is 0 Å². The van der Waals surface area contributed by atoms with E-state index in [0.717, 1.165) is 60.2 Å². The third kappa shape index (κ3) is 4.40. The van der Waals surface area contributed by atoms with Gasteiger partial charge in [0.1, 0.15) is 5.03 Å². The van der Waals surface area contributed by atoms with Gasteiger partial charge in [-0.05, 0) is 56.7 Å². The fraction of sp³-hybridized carbons (Fsp3) is 0.455. The van der Waals surface area contributed by atoms with Gasteiger partial charge in [0.05, 0.1) is 28.6 Å². The molecule has 0 spiro atoms. The molecule has 31 heavy (non-hydrogen) atoms. The Kier molecular flexibility index (Phi) is 5.81. The number of fused-ring (bicyclic) bond motifs is 2. The number of anilines is 1. The number of hydrogen-bond donors (Lipinski definition) is 1. The van der Waals surface area contributed by atoms with Crippen LogP contribution in [-0.4, -0.2) is 38.9 Å². The largest absolute Gasteiger partial charge is 0.376 e. The molecule has 1 N–H and O–H groups in total. The molecule has 0 unspecified atom stereocenters. The first-order valence-corrected chi connectivity index (χ1v) is 12.4. The van der Waals surface area contributed by atoms with E-state index in [1.54, 1.807) is 4.57 Å². The topological polar surface area (TPSA) is 86.1 Å². The molecule has 1 saturated heterocycles. The van der Waals surface area contributed by atoms with Crippen LogP contribution in [0.25, 0.3) is 10.2 Å². The van der Waals surface area contributed by atoms with E-state index in [0.29, 0.717) is 16.7 Å². The quantitative estimate of drug-likeness (QED) is 0.451. The van der Waals surface area contributed by atoms with Crippen molar-refractivity contribution in [1.82, 2.24) is 14.5 Å². The molecular formula is C22H24N4O3S2. The summed E-state index contributed by atoms with van der Waals surface area (Å²) in [4.78, 5) is 34.1. The molecule has 1 aliphatic heterocycles. The zero-order valence-corrected chi connectivity index (χ0v) is 19.0. The fourth-order valence-electron chi connectivity index (χ4n) is 4.26. The number of thioether (sulfide) groups is 1. The van der Waals surface area contributed by atoms with Crippen LogP contribution in [0.3, 0.4) is 0 Å². The average Bonchev–Trinajstić information content (AvgIpc) is 3.48. The molecule has 2 aromatic heterocycles. The number of carbonyl (C=O) groups excluding carboxylic acids is 1. The number of carbonyl (C=O) groups is 1. The molecule has 9 heteroatoms. The fourth-order valence-corrected chi connectivity index (χ4v) is 6.12. The molecule has 0 bridgehead atoms. The van der Waals surface area contributed by atoms with Gasteiger partial charge in [-0.3, -0.25) is 9.36 Å². The van der Waals surface area contributed by atoms with Crippen LogP contribution in [0.5, 0.6) is 0 Å². The number of nitrogens with one attached hydrogen (secondary N) is 1. The molecule has 1 atom stereocenters. The number of nitrogens with zero attached hydrogens (tertiary/aromatic N) is 3. The zero-order chi connectivity index (χ0) is 21.4. The molecule has 1 aromatic carbocycles. The number of thiazole rings is 1. The van der Waals surface area contributed by atoms with Gasteiger partial charge in [0.15, 0.2) is 5.13 Å². The second-order valence-electron chi connectivity index (χ2n) is 8.05. The molecule has 1 fully saturated rings. The summed E-state index contributed by atoms with van der Waals surface area (Å²) < 4.78 is 8.57. The number of ether oxygens (including phenoxy) is 1. The lowest BCUT2D eigenvalue weighted by Crippen LogP contribution is -2.31. The second-order valence-corrected chi connectivity index (χ2v) is 10.0. The molecule has 3 heterocycles. The van der Waals surface area contributed by atoms with Crippen LogP contribution < -0.4 is 11.0 Å². The molecule has 7 nitrogen and oxygen atoms in total. The van der Waals surface area contributed by atoms with E-state index in [-0.39, 0.29) is 23.5 Å². The molecule has 2 aliphatic rings. The van der Waals surface area contributed by atoms with Crippen molar-refractivity contribution in [3.63, 3.8) is 0 Å². The van der Waals surface area contributed by atoms with Crippen molar-refractivity contribution >= 4 is 44.4 Å². The number of aryl methyl sites for hydroxylation is 1. The first-order chi connectivity index (χ1) is 15.1. The van der Waals surface area contributed by atoms with Crippen LogP contribution in [0.4, 0.5) is 5.13 Å². The summed E-state index contributed by atoms with van der Waals surface area (Å²) in [6.45, 7) is 3.39. The Morgan fingerprint density at radius 3 is 3.06 bits per heavy atom.